The zero-order valence-electron chi connectivity index (χ0n) is 12.5. The van der Waals surface area contributed by atoms with Crippen LogP contribution in [0, 0.1) is 12.7 Å². The first-order valence-electron chi connectivity index (χ1n) is 7.04. The summed E-state index contributed by atoms with van der Waals surface area (Å²) in [7, 11) is 1.93. The van der Waals surface area contributed by atoms with E-state index in [1.165, 1.54) is 6.07 Å². The minimum atomic E-state index is -0.350. The van der Waals surface area contributed by atoms with Gasteiger partial charge in [0.25, 0.3) is 0 Å². The highest BCUT2D eigenvalue weighted by Crippen LogP contribution is 2.19. The highest BCUT2D eigenvalue weighted by atomic mass is 19.1. The van der Waals surface area contributed by atoms with Gasteiger partial charge in [-0.25, -0.2) is 13.9 Å². The van der Waals surface area contributed by atoms with Crippen LogP contribution in [0.5, 0.6) is 5.75 Å². The summed E-state index contributed by atoms with van der Waals surface area (Å²) in [5.74, 6) is 0.735. The average molecular weight is 300 g/mol. The van der Waals surface area contributed by atoms with Crippen molar-refractivity contribution in [2.45, 2.75) is 6.92 Å². The highest BCUT2D eigenvalue weighted by molar-refractivity contribution is 5.68. The monoisotopic (exact) mass is 300 g/mol. The molecule has 1 aromatic carbocycles. The fraction of sp³-hybridized carbons (Fsp3) is 0.250. The van der Waals surface area contributed by atoms with Gasteiger partial charge in [-0.1, -0.05) is 12.1 Å². The van der Waals surface area contributed by atoms with Gasteiger partial charge >= 0.3 is 0 Å². The Balaban J connectivity index is 1.69. The standard InChI is InChI=1S/C16H17FN4O/c1-12-11-14-16(18-7-8-21(14)19-12)20(2)9-10-22-15-6-4-3-5-13(15)17/h3-8,11H,9-10H2,1-2H3. The minimum absolute atomic E-state index is 0.266. The number of ether oxygens (including phenoxy) is 1. The van der Waals surface area contributed by atoms with Gasteiger partial charge in [0.1, 0.15) is 12.1 Å². The van der Waals surface area contributed by atoms with Crippen LogP contribution in [-0.2, 0) is 0 Å². The van der Waals surface area contributed by atoms with Crippen molar-refractivity contribution in [1.82, 2.24) is 14.6 Å². The molecule has 2 heterocycles. The maximum Gasteiger partial charge on any atom is 0.165 e. The summed E-state index contributed by atoms with van der Waals surface area (Å²) in [4.78, 5) is 6.37. The number of hydrogen-bond donors (Lipinski definition) is 0. The van der Waals surface area contributed by atoms with Crippen LogP contribution >= 0.6 is 0 Å². The van der Waals surface area contributed by atoms with E-state index >= 15 is 0 Å². The molecule has 0 fully saturated rings. The number of nitrogens with zero attached hydrogens (tertiary/aromatic N) is 4. The summed E-state index contributed by atoms with van der Waals surface area (Å²) in [5, 5.41) is 4.36. The Morgan fingerprint density at radius 1 is 1.32 bits per heavy atom. The first kappa shape index (κ1) is 14.3. The normalized spacial score (nSPS) is 10.9. The Labute approximate surface area is 128 Å². The van der Waals surface area contributed by atoms with Crippen LogP contribution in [0.3, 0.4) is 0 Å². The Bertz CT molecular complexity index is 787. The van der Waals surface area contributed by atoms with Crippen molar-refractivity contribution in [3.63, 3.8) is 0 Å². The number of likely N-dealkylation sites (N-methyl/N-ethyl adjacent to an activating group) is 1. The molecule has 114 valence electrons. The van der Waals surface area contributed by atoms with Crippen LogP contribution in [0.2, 0.25) is 0 Å². The van der Waals surface area contributed by atoms with Crippen LogP contribution in [0.25, 0.3) is 5.52 Å². The highest BCUT2D eigenvalue weighted by Gasteiger charge is 2.10. The van der Waals surface area contributed by atoms with Crippen molar-refractivity contribution in [1.29, 1.82) is 0 Å². The minimum Gasteiger partial charge on any atom is -0.489 e. The predicted octanol–water partition coefficient (Wildman–Crippen LogP) is 2.69. The Morgan fingerprint density at radius 3 is 2.95 bits per heavy atom. The fourth-order valence-electron chi connectivity index (χ4n) is 2.28. The lowest BCUT2D eigenvalue weighted by Crippen LogP contribution is -2.25. The van der Waals surface area contributed by atoms with Gasteiger partial charge in [-0.05, 0) is 25.1 Å². The molecular formula is C16H17FN4O. The summed E-state index contributed by atoms with van der Waals surface area (Å²) in [6.07, 6.45) is 3.53. The number of rotatable bonds is 5. The van der Waals surface area contributed by atoms with Crippen LogP contribution < -0.4 is 9.64 Å². The number of fused-ring (bicyclic) bond motifs is 1. The number of halogens is 1. The zero-order chi connectivity index (χ0) is 15.5. The molecule has 3 aromatic rings. The molecule has 0 atom stereocenters. The fourth-order valence-corrected chi connectivity index (χ4v) is 2.28. The molecule has 3 rings (SSSR count). The van der Waals surface area contributed by atoms with E-state index in [9.17, 15) is 4.39 Å². The number of hydrogen-bond acceptors (Lipinski definition) is 4. The van der Waals surface area contributed by atoms with Crippen molar-refractivity contribution < 1.29 is 9.13 Å². The molecule has 22 heavy (non-hydrogen) atoms. The van der Waals surface area contributed by atoms with Gasteiger partial charge < -0.3 is 9.64 Å². The van der Waals surface area contributed by atoms with Crippen molar-refractivity contribution in [2.75, 3.05) is 25.1 Å². The van der Waals surface area contributed by atoms with Crippen LogP contribution in [0.1, 0.15) is 5.69 Å². The molecular weight excluding hydrogens is 283 g/mol. The van der Waals surface area contributed by atoms with Crippen molar-refractivity contribution >= 4 is 11.3 Å². The van der Waals surface area contributed by atoms with Gasteiger partial charge in [-0.15, -0.1) is 0 Å². The lowest BCUT2D eigenvalue weighted by molar-refractivity contribution is 0.309. The van der Waals surface area contributed by atoms with E-state index in [1.807, 2.05) is 31.1 Å². The molecule has 0 aliphatic rings. The Morgan fingerprint density at radius 2 is 2.14 bits per heavy atom. The van der Waals surface area contributed by atoms with E-state index in [2.05, 4.69) is 10.1 Å². The van der Waals surface area contributed by atoms with E-state index in [0.29, 0.717) is 13.2 Å². The second-order valence-electron chi connectivity index (χ2n) is 5.07. The lowest BCUT2D eigenvalue weighted by atomic mass is 10.3. The van der Waals surface area contributed by atoms with Gasteiger partial charge in [0.05, 0.1) is 12.2 Å². The molecule has 0 amide bonds. The number of para-hydroxylation sites is 1. The van der Waals surface area contributed by atoms with Gasteiger partial charge in [0, 0.05) is 19.4 Å². The molecule has 0 bridgehead atoms. The molecule has 0 N–H and O–H groups in total. The molecule has 0 unspecified atom stereocenters. The van der Waals surface area contributed by atoms with Crippen molar-refractivity contribution in [3.8, 4) is 5.75 Å². The maximum absolute atomic E-state index is 13.5. The topological polar surface area (TPSA) is 42.7 Å². The first-order chi connectivity index (χ1) is 10.6. The molecule has 0 aliphatic heterocycles. The third kappa shape index (κ3) is 2.86. The molecule has 0 radical (unpaired) electrons. The van der Waals surface area contributed by atoms with Gasteiger partial charge in [0.15, 0.2) is 17.4 Å². The molecule has 0 spiro atoms. The summed E-state index contributed by atoms with van der Waals surface area (Å²) >= 11 is 0. The Kier molecular flexibility index (Phi) is 3.91. The maximum atomic E-state index is 13.5. The Hall–Kier alpha value is -2.63. The molecule has 0 saturated heterocycles. The molecule has 6 heteroatoms. The van der Waals surface area contributed by atoms with Gasteiger partial charge in [-0.2, -0.15) is 5.10 Å². The summed E-state index contributed by atoms with van der Waals surface area (Å²) in [5.41, 5.74) is 1.87. The van der Waals surface area contributed by atoms with E-state index < -0.39 is 0 Å². The van der Waals surface area contributed by atoms with Crippen molar-refractivity contribution in [3.05, 3.63) is 54.2 Å². The summed E-state index contributed by atoms with van der Waals surface area (Å²) < 4.78 is 20.8. The molecule has 0 aliphatic carbocycles. The zero-order valence-corrected chi connectivity index (χ0v) is 12.5. The van der Waals surface area contributed by atoms with Crippen LogP contribution in [0.15, 0.2) is 42.7 Å². The second-order valence-corrected chi connectivity index (χ2v) is 5.07. The van der Waals surface area contributed by atoms with Crippen molar-refractivity contribution in [2.24, 2.45) is 0 Å². The van der Waals surface area contributed by atoms with E-state index in [-0.39, 0.29) is 11.6 Å². The van der Waals surface area contributed by atoms with Gasteiger partial charge in [0.2, 0.25) is 0 Å². The third-order valence-electron chi connectivity index (χ3n) is 3.37. The number of aryl methyl sites for hydroxylation is 1. The average Bonchev–Trinajstić information content (AvgIpc) is 2.89. The largest absolute Gasteiger partial charge is 0.489 e. The number of aromatic nitrogens is 3. The van der Waals surface area contributed by atoms with Gasteiger partial charge in [-0.3, -0.25) is 0 Å². The smallest absolute Gasteiger partial charge is 0.165 e. The number of anilines is 1. The van der Waals surface area contributed by atoms with Crippen LogP contribution in [0.4, 0.5) is 10.2 Å². The lowest BCUT2D eigenvalue weighted by Gasteiger charge is -2.19. The van der Waals surface area contributed by atoms with E-state index in [4.69, 9.17) is 4.74 Å². The number of benzene rings is 1. The SMILES string of the molecule is Cc1cc2c(N(C)CCOc3ccccc3F)nccn2n1. The predicted molar refractivity (Wildman–Crippen MR) is 82.9 cm³/mol. The quantitative estimate of drug-likeness (QED) is 0.726. The summed E-state index contributed by atoms with van der Waals surface area (Å²) in [6, 6.07) is 8.38. The van der Waals surface area contributed by atoms with E-state index in [1.54, 1.807) is 28.9 Å². The molecule has 2 aromatic heterocycles. The third-order valence-corrected chi connectivity index (χ3v) is 3.37. The molecule has 0 saturated carbocycles. The van der Waals surface area contributed by atoms with E-state index in [0.717, 1.165) is 17.0 Å². The second kappa shape index (κ2) is 6.01. The van der Waals surface area contributed by atoms with Crippen LogP contribution in [-0.4, -0.2) is 34.8 Å². The summed E-state index contributed by atoms with van der Waals surface area (Å²) in [6.45, 7) is 2.90. The molecule has 5 nitrogen and oxygen atoms in total. The first-order valence-corrected chi connectivity index (χ1v) is 7.04.